The average Bonchev–Trinajstić information content (AvgIpc) is 2.70. The Morgan fingerprint density at radius 3 is 2.71 bits per heavy atom. The number of piperidine rings is 1. The van der Waals surface area contributed by atoms with Crippen LogP contribution >= 0.6 is 0 Å². The van der Waals surface area contributed by atoms with Crippen molar-refractivity contribution >= 4 is 16.8 Å². The SMILES string of the molecule is CC[C@H]1C[C@@H](O)CC2(CCN(C(=O)c3cc4ccccc4n(C)c3=O)CC2)O1. The zero-order valence-corrected chi connectivity index (χ0v) is 16.6. The highest BCUT2D eigenvalue weighted by Crippen LogP contribution is 2.38. The number of carbonyl (C=O) groups is 1. The zero-order chi connectivity index (χ0) is 19.9. The number of hydrogen-bond donors (Lipinski definition) is 1. The summed E-state index contributed by atoms with van der Waals surface area (Å²) in [6.45, 7) is 3.15. The van der Waals surface area contributed by atoms with Gasteiger partial charge in [0.25, 0.3) is 11.5 Å². The van der Waals surface area contributed by atoms with Gasteiger partial charge in [0.1, 0.15) is 5.56 Å². The lowest BCUT2D eigenvalue weighted by Crippen LogP contribution is -2.54. The van der Waals surface area contributed by atoms with Gasteiger partial charge in [0.15, 0.2) is 0 Å². The smallest absolute Gasteiger partial charge is 0.263 e. The van der Waals surface area contributed by atoms with Crippen molar-refractivity contribution in [3.8, 4) is 0 Å². The largest absolute Gasteiger partial charge is 0.393 e. The summed E-state index contributed by atoms with van der Waals surface area (Å²) in [5, 5.41) is 11.1. The number of para-hydroxylation sites is 1. The molecular weight excluding hydrogens is 356 g/mol. The van der Waals surface area contributed by atoms with Crippen molar-refractivity contribution in [2.75, 3.05) is 13.1 Å². The Morgan fingerprint density at radius 2 is 2.00 bits per heavy atom. The first kappa shape index (κ1) is 19.2. The number of pyridine rings is 1. The van der Waals surface area contributed by atoms with Gasteiger partial charge in [-0.15, -0.1) is 0 Å². The monoisotopic (exact) mass is 384 g/mol. The quantitative estimate of drug-likeness (QED) is 0.863. The summed E-state index contributed by atoms with van der Waals surface area (Å²) in [5.41, 5.74) is 0.424. The number of ether oxygens (including phenoxy) is 1. The Bertz CT molecular complexity index is 943. The van der Waals surface area contributed by atoms with Crippen LogP contribution in [0.1, 0.15) is 49.4 Å². The number of aliphatic hydroxyl groups is 1. The lowest BCUT2D eigenvalue weighted by Gasteiger charge is -2.47. The highest BCUT2D eigenvalue weighted by atomic mass is 16.5. The molecule has 1 N–H and O–H groups in total. The molecule has 2 fully saturated rings. The maximum atomic E-state index is 13.1. The second-order valence-electron chi connectivity index (χ2n) is 8.20. The van der Waals surface area contributed by atoms with E-state index in [9.17, 15) is 14.7 Å². The van der Waals surface area contributed by atoms with Crippen molar-refractivity contribution in [1.82, 2.24) is 9.47 Å². The molecule has 1 aromatic carbocycles. The van der Waals surface area contributed by atoms with E-state index >= 15 is 0 Å². The van der Waals surface area contributed by atoms with E-state index in [1.54, 1.807) is 22.6 Å². The van der Waals surface area contributed by atoms with Crippen molar-refractivity contribution in [3.05, 3.63) is 46.2 Å². The van der Waals surface area contributed by atoms with Crippen molar-refractivity contribution in [3.63, 3.8) is 0 Å². The van der Waals surface area contributed by atoms with E-state index in [0.717, 1.165) is 17.3 Å². The first-order chi connectivity index (χ1) is 13.4. The number of fused-ring (bicyclic) bond motifs is 1. The van der Waals surface area contributed by atoms with Crippen LogP contribution in [0, 0.1) is 0 Å². The van der Waals surface area contributed by atoms with E-state index in [0.29, 0.717) is 38.8 Å². The van der Waals surface area contributed by atoms with Crippen LogP contribution in [-0.4, -0.2) is 51.4 Å². The Morgan fingerprint density at radius 1 is 1.29 bits per heavy atom. The lowest BCUT2D eigenvalue weighted by atomic mass is 9.81. The van der Waals surface area contributed by atoms with Gasteiger partial charge in [0.2, 0.25) is 0 Å². The van der Waals surface area contributed by atoms with Crippen LogP contribution in [0.5, 0.6) is 0 Å². The van der Waals surface area contributed by atoms with Gasteiger partial charge >= 0.3 is 0 Å². The van der Waals surface area contributed by atoms with E-state index in [1.807, 2.05) is 24.3 Å². The maximum absolute atomic E-state index is 13.1. The molecule has 6 nitrogen and oxygen atoms in total. The number of benzene rings is 1. The molecule has 0 unspecified atom stereocenters. The van der Waals surface area contributed by atoms with E-state index < -0.39 is 0 Å². The van der Waals surface area contributed by atoms with Crippen molar-refractivity contribution in [1.29, 1.82) is 0 Å². The predicted molar refractivity (Wildman–Crippen MR) is 107 cm³/mol. The number of aryl methyl sites for hydroxylation is 1. The molecule has 2 aliphatic rings. The Labute approximate surface area is 164 Å². The standard InChI is InChI=1S/C22H28N2O4/c1-3-17-13-16(25)14-22(28-17)8-10-24(11-9-22)21(27)18-12-15-6-4-5-7-19(15)23(2)20(18)26/h4-7,12,16-17,25H,3,8-11,13-14H2,1-2H3/t16-,17+/m1/s1. The molecule has 6 heteroatoms. The van der Waals surface area contributed by atoms with Gasteiger partial charge in [0.05, 0.1) is 23.3 Å². The fourth-order valence-electron chi connectivity index (χ4n) is 4.70. The summed E-state index contributed by atoms with van der Waals surface area (Å²) in [5.74, 6) is -0.218. The average molecular weight is 384 g/mol. The highest BCUT2D eigenvalue weighted by Gasteiger charge is 2.43. The van der Waals surface area contributed by atoms with Crippen molar-refractivity contribution in [2.45, 2.75) is 56.8 Å². The Kier molecular flexibility index (Phi) is 5.02. The molecule has 0 radical (unpaired) electrons. The number of hydrogen-bond acceptors (Lipinski definition) is 4. The fourth-order valence-corrected chi connectivity index (χ4v) is 4.70. The third-order valence-electron chi connectivity index (χ3n) is 6.34. The summed E-state index contributed by atoms with van der Waals surface area (Å²) in [6.07, 6.45) is 3.33. The van der Waals surface area contributed by atoms with E-state index in [4.69, 9.17) is 4.74 Å². The van der Waals surface area contributed by atoms with Gasteiger partial charge in [-0.25, -0.2) is 0 Å². The number of nitrogens with zero attached hydrogens (tertiary/aromatic N) is 2. The van der Waals surface area contributed by atoms with Gasteiger partial charge in [-0.1, -0.05) is 25.1 Å². The molecule has 0 bridgehead atoms. The van der Waals surface area contributed by atoms with Crippen LogP contribution in [0.25, 0.3) is 10.9 Å². The normalized spacial score (nSPS) is 24.6. The summed E-state index contributed by atoms with van der Waals surface area (Å²) >= 11 is 0. The molecule has 2 aliphatic heterocycles. The second-order valence-corrected chi connectivity index (χ2v) is 8.20. The summed E-state index contributed by atoms with van der Waals surface area (Å²) in [4.78, 5) is 27.6. The van der Waals surface area contributed by atoms with Crippen LogP contribution in [0.3, 0.4) is 0 Å². The molecule has 2 atom stereocenters. The van der Waals surface area contributed by atoms with E-state index in [1.165, 1.54) is 0 Å². The highest BCUT2D eigenvalue weighted by molar-refractivity contribution is 5.97. The molecule has 150 valence electrons. The van der Waals surface area contributed by atoms with Crippen molar-refractivity contribution < 1.29 is 14.6 Å². The molecule has 1 spiro atoms. The number of aliphatic hydroxyl groups excluding tert-OH is 1. The first-order valence-electron chi connectivity index (χ1n) is 10.2. The molecule has 1 aromatic heterocycles. The third kappa shape index (κ3) is 3.35. The molecule has 0 saturated carbocycles. The van der Waals surface area contributed by atoms with E-state index in [-0.39, 0.29) is 34.8 Å². The molecule has 2 aromatic rings. The third-order valence-corrected chi connectivity index (χ3v) is 6.34. The molecular formula is C22H28N2O4. The van der Waals surface area contributed by atoms with Gasteiger partial charge in [-0.2, -0.15) is 0 Å². The Hall–Kier alpha value is -2.18. The van der Waals surface area contributed by atoms with Gasteiger partial charge < -0.3 is 19.3 Å². The van der Waals surface area contributed by atoms with Crippen LogP contribution in [0.15, 0.2) is 35.1 Å². The molecule has 4 rings (SSSR count). The van der Waals surface area contributed by atoms with Crippen LogP contribution in [-0.2, 0) is 11.8 Å². The van der Waals surface area contributed by atoms with Gasteiger partial charge in [-0.3, -0.25) is 9.59 Å². The second kappa shape index (κ2) is 7.33. The van der Waals surface area contributed by atoms with Gasteiger partial charge in [0, 0.05) is 26.6 Å². The number of likely N-dealkylation sites (tertiary alicyclic amines) is 1. The predicted octanol–water partition coefficient (Wildman–Crippen LogP) is 2.46. The lowest BCUT2D eigenvalue weighted by molar-refractivity contribution is -0.179. The fraction of sp³-hybridized carbons (Fsp3) is 0.545. The minimum Gasteiger partial charge on any atom is -0.393 e. The van der Waals surface area contributed by atoms with Crippen molar-refractivity contribution in [2.24, 2.45) is 7.05 Å². The molecule has 3 heterocycles. The first-order valence-corrected chi connectivity index (χ1v) is 10.2. The molecule has 28 heavy (non-hydrogen) atoms. The maximum Gasteiger partial charge on any atom is 0.263 e. The summed E-state index contributed by atoms with van der Waals surface area (Å²) in [7, 11) is 1.70. The zero-order valence-electron chi connectivity index (χ0n) is 16.6. The van der Waals surface area contributed by atoms with Crippen LogP contribution in [0.2, 0.25) is 0 Å². The van der Waals surface area contributed by atoms with Crippen LogP contribution < -0.4 is 5.56 Å². The molecule has 0 aliphatic carbocycles. The van der Waals surface area contributed by atoms with E-state index in [2.05, 4.69) is 6.92 Å². The van der Waals surface area contributed by atoms with Crippen LogP contribution in [0.4, 0.5) is 0 Å². The number of carbonyl (C=O) groups excluding carboxylic acids is 1. The topological polar surface area (TPSA) is 71.8 Å². The minimum atomic E-state index is -0.344. The number of aromatic nitrogens is 1. The Balaban J connectivity index is 1.54. The molecule has 2 saturated heterocycles. The number of amides is 1. The number of rotatable bonds is 2. The van der Waals surface area contributed by atoms with Gasteiger partial charge in [-0.05, 0) is 43.2 Å². The molecule has 1 amide bonds. The minimum absolute atomic E-state index is 0.0822. The summed E-state index contributed by atoms with van der Waals surface area (Å²) in [6, 6.07) is 9.29. The summed E-state index contributed by atoms with van der Waals surface area (Å²) < 4.78 is 7.85.